The molecular formula is C38H56Cl2N4O5. The van der Waals surface area contributed by atoms with Crippen molar-refractivity contribution in [3.8, 4) is 0 Å². The van der Waals surface area contributed by atoms with E-state index >= 15 is 0 Å². The van der Waals surface area contributed by atoms with Crippen LogP contribution < -0.4 is 20.4 Å². The molecule has 0 saturated carbocycles. The zero-order valence-corrected chi connectivity index (χ0v) is 31.3. The second-order valence-corrected chi connectivity index (χ2v) is 13.4. The maximum absolute atomic E-state index is 13.0. The lowest BCUT2D eigenvalue weighted by Gasteiger charge is -2.32. The summed E-state index contributed by atoms with van der Waals surface area (Å²) in [5.74, 6) is 0.976. The molecule has 272 valence electrons. The fraction of sp³-hybridized carbons (Fsp3) is 0.579. The molecule has 2 aliphatic carbocycles. The minimum Gasteiger partial charge on any atom is -0.412 e. The molecule has 2 aromatic rings. The fourth-order valence-corrected chi connectivity index (χ4v) is 7.48. The number of anilines is 2. The molecule has 0 aromatic heterocycles. The molecule has 0 bridgehead atoms. The lowest BCUT2D eigenvalue weighted by atomic mass is 9.78. The van der Waals surface area contributed by atoms with Crippen molar-refractivity contribution in [3.63, 3.8) is 0 Å². The minimum absolute atomic E-state index is 0. The second kappa shape index (κ2) is 19.5. The van der Waals surface area contributed by atoms with Crippen LogP contribution in [0.2, 0.25) is 0 Å². The Hall–Kier alpha value is -2.82. The summed E-state index contributed by atoms with van der Waals surface area (Å²) in [6.45, 7) is 7.86. The number of fused-ring (bicyclic) bond motifs is 6. The lowest BCUT2D eigenvalue weighted by molar-refractivity contribution is -0.119. The molecule has 2 amide bonds. The summed E-state index contributed by atoms with van der Waals surface area (Å²) in [4.78, 5) is 53.2. The van der Waals surface area contributed by atoms with Gasteiger partial charge in [-0.1, -0.05) is 38.8 Å². The lowest BCUT2D eigenvalue weighted by Crippen LogP contribution is -2.36. The third kappa shape index (κ3) is 9.30. The Balaban J connectivity index is 0.000000321. The van der Waals surface area contributed by atoms with Gasteiger partial charge >= 0.3 is 0 Å². The molecule has 0 fully saturated rings. The molecule has 0 saturated heterocycles. The first-order valence-electron chi connectivity index (χ1n) is 17.6. The number of hydrogen-bond acceptors (Lipinski definition) is 6. The summed E-state index contributed by atoms with van der Waals surface area (Å²) in [7, 11) is 3.62. The summed E-state index contributed by atoms with van der Waals surface area (Å²) in [6.07, 6.45) is 10.8. The number of nitrogens with one attached hydrogen (secondary N) is 2. The molecule has 0 radical (unpaired) electrons. The average molecular weight is 720 g/mol. The molecule has 6 rings (SSSR count). The SMILES string of the molecule is CCCCNCC1CCc2ccc3c(c2C1=O)CCC(=O)N3C.CCCCNCC1CCc2ccc3c(c2C1=O)CCC(=O)N3C.Cl.Cl.O. The highest BCUT2D eigenvalue weighted by molar-refractivity contribution is 6.07. The van der Waals surface area contributed by atoms with Crippen LogP contribution in [-0.4, -0.2) is 69.1 Å². The Morgan fingerprint density at radius 2 is 1.00 bits per heavy atom. The van der Waals surface area contributed by atoms with E-state index in [1.807, 2.05) is 38.4 Å². The second-order valence-electron chi connectivity index (χ2n) is 13.4. The predicted octanol–water partition coefficient (Wildman–Crippen LogP) is 5.48. The van der Waals surface area contributed by atoms with Gasteiger partial charge in [-0.3, -0.25) is 19.2 Å². The minimum atomic E-state index is 0. The summed E-state index contributed by atoms with van der Waals surface area (Å²) >= 11 is 0. The summed E-state index contributed by atoms with van der Waals surface area (Å²) in [5, 5.41) is 6.86. The largest absolute Gasteiger partial charge is 0.412 e. The number of Topliss-reactive ketones (excluding diaryl/α,β-unsaturated/α-hetero) is 2. The number of unbranched alkanes of at least 4 members (excludes halogenated alkanes) is 2. The molecule has 2 aliphatic heterocycles. The number of nitrogens with zero attached hydrogens (tertiary/aromatic N) is 2. The zero-order valence-electron chi connectivity index (χ0n) is 29.6. The van der Waals surface area contributed by atoms with Crippen molar-refractivity contribution in [2.75, 3.05) is 50.1 Å². The van der Waals surface area contributed by atoms with E-state index in [1.165, 1.54) is 24.0 Å². The van der Waals surface area contributed by atoms with Gasteiger partial charge in [0.1, 0.15) is 0 Å². The molecule has 4 aliphatic rings. The Bertz CT molecular complexity index is 1370. The molecule has 49 heavy (non-hydrogen) atoms. The van der Waals surface area contributed by atoms with Gasteiger partial charge in [0, 0.05) is 74.4 Å². The van der Waals surface area contributed by atoms with Crippen LogP contribution in [0.4, 0.5) is 11.4 Å². The molecule has 2 atom stereocenters. The maximum Gasteiger partial charge on any atom is 0.227 e. The smallest absolute Gasteiger partial charge is 0.227 e. The predicted molar refractivity (Wildman–Crippen MR) is 202 cm³/mol. The first kappa shape index (κ1) is 42.3. The number of hydrogen-bond donors (Lipinski definition) is 2. The Kier molecular flexibility index (Phi) is 16.9. The van der Waals surface area contributed by atoms with Crippen LogP contribution in [0, 0.1) is 11.8 Å². The summed E-state index contributed by atoms with van der Waals surface area (Å²) in [6, 6.07) is 8.11. The molecular weight excluding hydrogens is 663 g/mol. The number of amides is 2. The number of carbonyl (C=O) groups is 4. The van der Waals surface area contributed by atoms with Gasteiger partial charge in [0.05, 0.1) is 0 Å². The highest BCUT2D eigenvalue weighted by Gasteiger charge is 2.34. The van der Waals surface area contributed by atoms with E-state index < -0.39 is 0 Å². The van der Waals surface area contributed by atoms with Gasteiger partial charge in [-0.15, -0.1) is 24.8 Å². The third-order valence-corrected chi connectivity index (χ3v) is 10.4. The summed E-state index contributed by atoms with van der Waals surface area (Å²) < 4.78 is 0. The van der Waals surface area contributed by atoms with E-state index in [4.69, 9.17) is 0 Å². The summed E-state index contributed by atoms with van der Waals surface area (Å²) in [5.41, 5.74) is 8.19. The van der Waals surface area contributed by atoms with Gasteiger partial charge < -0.3 is 25.9 Å². The van der Waals surface area contributed by atoms with Gasteiger partial charge in [0.25, 0.3) is 0 Å². The van der Waals surface area contributed by atoms with Crippen LogP contribution in [-0.2, 0) is 35.3 Å². The normalized spacial score (nSPS) is 19.2. The maximum atomic E-state index is 13.0. The van der Waals surface area contributed by atoms with E-state index in [1.54, 1.807) is 9.80 Å². The third-order valence-electron chi connectivity index (χ3n) is 10.4. The van der Waals surface area contributed by atoms with Crippen LogP contribution in [0.3, 0.4) is 0 Å². The van der Waals surface area contributed by atoms with E-state index in [-0.39, 0.29) is 65.5 Å². The van der Waals surface area contributed by atoms with Crippen molar-refractivity contribution < 1.29 is 24.7 Å². The van der Waals surface area contributed by atoms with Crippen molar-refractivity contribution in [2.45, 2.75) is 90.9 Å². The van der Waals surface area contributed by atoms with Crippen LogP contribution >= 0.6 is 24.8 Å². The van der Waals surface area contributed by atoms with Crippen molar-refractivity contribution in [1.82, 2.24) is 10.6 Å². The molecule has 2 aromatic carbocycles. The highest BCUT2D eigenvalue weighted by atomic mass is 35.5. The van der Waals surface area contributed by atoms with Gasteiger partial charge in [0.15, 0.2) is 11.6 Å². The number of ketones is 2. The molecule has 11 heteroatoms. The average Bonchev–Trinajstić information content (AvgIpc) is 3.06. The van der Waals surface area contributed by atoms with Crippen LogP contribution in [0.25, 0.3) is 0 Å². The highest BCUT2D eigenvalue weighted by Crippen LogP contribution is 2.38. The van der Waals surface area contributed by atoms with Crippen LogP contribution in [0.5, 0.6) is 0 Å². The molecule has 4 N–H and O–H groups in total. The number of carbonyl (C=O) groups excluding carboxylic acids is 4. The number of halogens is 2. The number of aryl methyl sites for hydroxylation is 2. The monoisotopic (exact) mass is 718 g/mol. The Morgan fingerprint density at radius 3 is 1.37 bits per heavy atom. The molecule has 0 spiro atoms. The molecule has 2 heterocycles. The van der Waals surface area contributed by atoms with Crippen LogP contribution in [0.15, 0.2) is 24.3 Å². The Labute approximate surface area is 304 Å². The molecule has 2 unspecified atom stereocenters. The van der Waals surface area contributed by atoms with Crippen molar-refractivity contribution in [2.24, 2.45) is 11.8 Å². The van der Waals surface area contributed by atoms with Crippen LogP contribution in [0.1, 0.15) is 108 Å². The number of rotatable bonds is 10. The number of benzene rings is 2. The Morgan fingerprint density at radius 1 is 0.612 bits per heavy atom. The fourth-order valence-electron chi connectivity index (χ4n) is 7.48. The quantitative estimate of drug-likeness (QED) is 0.313. The van der Waals surface area contributed by atoms with E-state index in [9.17, 15) is 19.2 Å². The zero-order chi connectivity index (χ0) is 32.8. The first-order valence-corrected chi connectivity index (χ1v) is 17.6. The van der Waals surface area contributed by atoms with Gasteiger partial charge in [-0.05, 0) is 98.8 Å². The first-order chi connectivity index (χ1) is 22.3. The van der Waals surface area contributed by atoms with Crippen molar-refractivity contribution >= 4 is 59.6 Å². The molecule has 9 nitrogen and oxygen atoms in total. The van der Waals surface area contributed by atoms with E-state index in [2.05, 4.69) is 24.5 Å². The van der Waals surface area contributed by atoms with Gasteiger partial charge in [-0.2, -0.15) is 0 Å². The topological polar surface area (TPSA) is 130 Å². The van der Waals surface area contributed by atoms with E-state index in [0.717, 1.165) is 98.3 Å². The van der Waals surface area contributed by atoms with E-state index in [0.29, 0.717) is 25.7 Å². The van der Waals surface area contributed by atoms with Crippen molar-refractivity contribution in [3.05, 3.63) is 57.6 Å². The van der Waals surface area contributed by atoms with Gasteiger partial charge in [-0.25, -0.2) is 0 Å². The van der Waals surface area contributed by atoms with Gasteiger partial charge in [0.2, 0.25) is 11.8 Å². The standard InChI is InChI=1S/2C19H26N2O2.2ClH.H2O/c2*1-3-4-11-20-12-14-6-5-13-7-9-16-15(18(13)19(14)23)8-10-17(22)21(16)2;;;/h2*7,9,14,20H,3-6,8,10-12H2,1-2H3;2*1H;1H2. The van der Waals surface area contributed by atoms with Crippen molar-refractivity contribution in [1.29, 1.82) is 0 Å².